The minimum absolute atomic E-state index is 1.09. The summed E-state index contributed by atoms with van der Waals surface area (Å²) in [4.78, 5) is 4.61. The molecule has 294 valence electrons. The first-order valence-corrected chi connectivity index (χ1v) is 20.7. The third-order valence-corrected chi connectivity index (χ3v) is 10.1. The second kappa shape index (κ2) is 21.4. The number of para-hydroxylation sites is 1. The summed E-state index contributed by atoms with van der Waals surface area (Å²) in [6.45, 7) is 4.24. The Morgan fingerprint density at radius 1 is 0.333 bits per heavy atom. The van der Waals surface area contributed by atoms with Gasteiger partial charge in [0.15, 0.2) is 0 Å². The highest BCUT2D eigenvalue weighted by Crippen LogP contribution is 2.35. The van der Waals surface area contributed by atoms with E-state index in [1.165, 1.54) is 50.5 Å². The van der Waals surface area contributed by atoms with Crippen molar-refractivity contribution in [2.75, 3.05) is 9.80 Å². The molecule has 7 aromatic rings. The van der Waals surface area contributed by atoms with Crippen LogP contribution in [-0.4, -0.2) is 0 Å². The SMILES string of the molecule is C1=CC(N(c2ccccc2)c2ccc(/C=C/C=C/c3ccccc3)cc2)=CCC1.Cc1ccc(N(c2ccc(C)cc2)c2ccc(/C=C/C=C/c3ccccc3)cc2)cc1. The van der Waals surface area contributed by atoms with Crippen LogP contribution in [0.5, 0.6) is 0 Å². The number of aryl methyl sites for hydroxylation is 2. The van der Waals surface area contributed by atoms with Gasteiger partial charge in [0.25, 0.3) is 0 Å². The summed E-state index contributed by atoms with van der Waals surface area (Å²) in [7, 11) is 0. The van der Waals surface area contributed by atoms with Crippen LogP contribution in [-0.2, 0) is 0 Å². The van der Waals surface area contributed by atoms with E-state index >= 15 is 0 Å². The summed E-state index contributed by atoms with van der Waals surface area (Å²) in [5.41, 5.74) is 14.3. The lowest BCUT2D eigenvalue weighted by Crippen LogP contribution is -2.16. The van der Waals surface area contributed by atoms with Crippen LogP contribution in [0.3, 0.4) is 0 Å². The van der Waals surface area contributed by atoms with Crippen molar-refractivity contribution in [3.63, 3.8) is 0 Å². The van der Waals surface area contributed by atoms with Crippen LogP contribution < -0.4 is 9.80 Å². The molecule has 0 aromatic heterocycles. The van der Waals surface area contributed by atoms with Crippen molar-refractivity contribution in [2.24, 2.45) is 0 Å². The number of benzene rings is 7. The number of nitrogens with zero attached hydrogens (tertiary/aromatic N) is 2. The lowest BCUT2D eigenvalue weighted by Gasteiger charge is -2.27. The summed E-state index contributed by atoms with van der Waals surface area (Å²) in [6, 6.07) is 66.0. The van der Waals surface area contributed by atoms with Crippen molar-refractivity contribution in [3.8, 4) is 0 Å². The van der Waals surface area contributed by atoms with Gasteiger partial charge >= 0.3 is 0 Å². The van der Waals surface area contributed by atoms with Gasteiger partial charge in [-0.15, -0.1) is 0 Å². The van der Waals surface area contributed by atoms with Gasteiger partial charge in [-0.2, -0.15) is 0 Å². The fourth-order valence-corrected chi connectivity index (χ4v) is 6.89. The predicted octanol–water partition coefficient (Wildman–Crippen LogP) is 16.3. The van der Waals surface area contributed by atoms with Gasteiger partial charge < -0.3 is 9.80 Å². The molecule has 2 heteroatoms. The maximum Gasteiger partial charge on any atom is 0.0462 e. The molecule has 0 fully saturated rings. The molecule has 0 heterocycles. The van der Waals surface area contributed by atoms with Gasteiger partial charge in [-0.3, -0.25) is 0 Å². The Kier molecular flexibility index (Phi) is 14.5. The van der Waals surface area contributed by atoms with E-state index in [4.69, 9.17) is 0 Å². The van der Waals surface area contributed by atoms with Crippen LogP contribution in [0.15, 0.2) is 236 Å². The Bertz CT molecular complexity index is 2490. The van der Waals surface area contributed by atoms with Crippen molar-refractivity contribution >= 4 is 52.7 Å². The largest absolute Gasteiger partial charge is 0.311 e. The zero-order valence-corrected chi connectivity index (χ0v) is 34.6. The van der Waals surface area contributed by atoms with Crippen molar-refractivity contribution < 1.29 is 0 Å². The van der Waals surface area contributed by atoms with E-state index in [1.807, 2.05) is 12.1 Å². The Morgan fingerprint density at radius 2 is 0.667 bits per heavy atom. The normalized spacial score (nSPS) is 12.5. The molecular formula is C58H52N2. The molecule has 8 rings (SSSR count). The average molecular weight is 777 g/mol. The fraction of sp³-hybridized carbons (Fsp3) is 0.0690. The number of rotatable bonds is 12. The maximum atomic E-state index is 2.32. The molecule has 0 radical (unpaired) electrons. The van der Waals surface area contributed by atoms with E-state index in [1.54, 1.807) is 0 Å². The first-order valence-electron chi connectivity index (χ1n) is 20.7. The third kappa shape index (κ3) is 11.8. The summed E-state index contributed by atoms with van der Waals surface area (Å²) < 4.78 is 0. The van der Waals surface area contributed by atoms with Gasteiger partial charge in [-0.1, -0.05) is 199 Å². The van der Waals surface area contributed by atoms with E-state index in [0.717, 1.165) is 29.9 Å². The molecule has 0 aliphatic heterocycles. The quantitative estimate of drug-likeness (QED) is 0.114. The molecule has 0 spiro atoms. The number of hydrogen-bond donors (Lipinski definition) is 0. The standard InChI is InChI=1S/C30H27N.C28H25N/c1-24-12-18-28(19-13-24)31(29-20-14-25(2)15-21-29)30-22-16-27(17-23-30)11-7-6-10-26-8-4-3-5-9-26;1-4-12-24(13-5-1)14-10-11-15-25-20-22-28(23-21-25)29(26-16-6-2-7-17-26)27-18-8-3-9-19-27/h3-23H,1-2H3;1-2,4-8,10-23H,3,9H2/b10-6+,11-7+;14-10+,15-11+. The summed E-state index contributed by atoms with van der Waals surface area (Å²) in [5.74, 6) is 0. The molecule has 0 N–H and O–H groups in total. The van der Waals surface area contributed by atoms with E-state index in [9.17, 15) is 0 Å². The zero-order valence-electron chi connectivity index (χ0n) is 34.6. The molecule has 0 bridgehead atoms. The zero-order chi connectivity index (χ0) is 41.2. The van der Waals surface area contributed by atoms with E-state index in [-0.39, 0.29) is 0 Å². The van der Waals surface area contributed by atoms with Gasteiger partial charge in [0.1, 0.15) is 0 Å². The van der Waals surface area contributed by atoms with Gasteiger partial charge in [0.05, 0.1) is 0 Å². The van der Waals surface area contributed by atoms with Crippen LogP contribution >= 0.6 is 0 Å². The Balaban J connectivity index is 0.000000182. The molecule has 1 aliphatic rings. The topological polar surface area (TPSA) is 6.48 Å². The van der Waals surface area contributed by atoms with Gasteiger partial charge in [-0.05, 0) is 116 Å². The molecular weight excluding hydrogens is 725 g/mol. The first-order chi connectivity index (χ1) is 29.6. The van der Waals surface area contributed by atoms with Crippen LogP contribution in [0, 0.1) is 13.8 Å². The lowest BCUT2D eigenvalue weighted by atomic mass is 10.1. The molecule has 7 aromatic carbocycles. The first kappa shape index (κ1) is 40.8. The van der Waals surface area contributed by atoms with Crippen molar-refractivity contribution in [1.82, 2.24) is 0 Å². The van der Waals surface area contributed by atoms with E-state index in [2.05, 4.69) is 266 Å². The van der Waals surface area contributed by atoms with E-state index in [0.29, 0.717) is 0 Å². The smallest absolute Gasteiger partial charge is 0.0462 e. The third-order valence-electron chi connectivity index (χ3n) is 10.1. The average Bonchev–Trinajstić information content (AvgIpc) is 3.31. The molecule has 2 nitrogen and oxygen atoms in total. The van der Waals surface area contributed by atoms with Crippen molar-refractivity contribution in [1.29, 1.82) is 0 Å². The second-order valence-electron chi connectivity index (χ2n) is 14.7. The van der Waals surface area contributed by atoms with E-state index < -0.39 is 0 Å². The molecule has 0 saturated carbocycles. The summed E-state index contributed by atoms with van der Waals surface area (Å²) in [5, 5.41) is 0. The minimum Gasteiger partial charge on any atom is -0.311 e. The molecule has 0 saturated heterocycles. The highest BCUT2D eigenvalue weighted by molar-refractivity contribution is 5.77. The minimum atomic E-state index is 1.09. The second-order valence-corrected chi connectivity index (χ2v) is 14.7. The number of allylic oxidation sites excluding steroid dienone is 7. The van der Waals surface area contributed by atoms with Gasteiger partial charge in [0, 0.05) is 34.1 Å². The molecule has 0 amide bonds. The predicted molar refractivity (Wildman–Crippen MR) is 261 cm³/mol. The number of hydrogen-bond acceptors (Lipinski definition) is 2. The molecule has 60 heavy (non-hydrogen) atoms. The number of anilines is 5. The molecule has 0 atom stereocenters. The van der Waals surface area contributed by atoms with Gasteiger partial charge in [0.2, 0.25) is 0 Å². The van der Waals surface area contributed by atoms with Crippen LogP contribution in [0.4, 0.5) is 28.4 Å². The summed E-state index contributed by atoms with van der Waals surface area (Å²) >= 11 is 0. The van der Waals surface area contributed by atoms with Gasteiger partial charge in [-0.25, -0.2) is 0 Å². The Labute approximate surface area is 357 Å². The summed E-state index contributed by atoms with van der Waals surface area (Å²) in [6.07, 6.45) is 25.8. The molecule has 0 unspecified atom stereocenters. The van der Waals surface area contributed by atoms with Crippen molar-refractivity contribution in [3.05, 3.63) is 270 Å². The lowest BCUT2D eigenvalue weighted by molar-refractivity contribution is 0.997. The highest BCUT2D eigenvalue weighted by atomic mass is 15.1. The van der Waals surface area contributed by atoms with Crippen LogP contribution in [0.25, 0.3) is 24.3 Å². The highest BCUT2D eigenvalue weighted by Gasteiger charge is 2.14. The monoisotopic (exact) mass is 776 g/mol. The Hall–Kier alpha value is -7.42. The van der Waals surface area contributed by atoms with Crippen molar-refractivity contribution in [2.45, 2.75) is 26.7 Å². The Morgan fingerprint density at radius 3 is 1.05 bits per heavy atom. The van der Waals surface area contributed by atoms with Crippen LogP contribution in [0.1, 0.15) is 46.2 Å². The van der Waals surface area contributed by atoms with Crippen LogP contribution in [0.2, 0.25) is 0 Å². The molecule has 1 aliphatic carbocycles. The fourth-order valence-electron chi connectivity index (χ4n) is 6.89. The maximum absolute atomic E-state index is 2.32.